The standard InChI is InChI=1S/C13H26NO4PS2/c1-13(2,3)18-12(15)14(9-10-17-19(16,20)21)11-7-5-4-6-8-11/h11H,4-10H2,1-3H3,(H2,16,20,21). The summed E-state index contributed by atoms with van der Waals surface area (Å²) < 4.78 is 10.6. The first kappa shape index (κ1) is 19.2. The molecule has 1 rings (SSSR count). The second kappa shape index (κ2) is 8.16. The largest absolute Gasteiger partial charge is 0.444 e. The zero-order chi connectivity index (χ0) is 16.1. The van der Waals surface area contributed by atoms with E-state index < -0.39 is 11.3 Å². The maximum atomic E-state index is 12.4. The molecule has 1 unspecified atom stereocenters. The van der Waals surface area contributed by atoms with Crippen molar-refractivity contribution in [2.75, 3.05) is 13.2 Å². The molecule has 1 fully saturated rings. The Kier molecular flexibility index (Phi) is 7.47. The number of hydrogen-bond donors (Lipinski definition) is 2. The van der Waals surface area contributed by atoms with Gasteiger partial charge in [0.1, 0.15) is 5.60 Å². The second-order valence-corrected chi connectivity index (χ2v) is 11.5. The first-order valence-corrected chi connectivity index (χ1v) is 11.1. The van der Waals surface area contributed by atoms with Gasteiger partial charge in [-0.25, -0.2) is 4.79 Å². The van der Waals surface area contributed by atoms with Gasteiger partial charge >= 0.3 is 6.09 Å². The first-order valence-electron chi connectivity index (χ1n) is 7.28. The van der Waals surface area contributed by atoms with Gasteiger partial charge in [0.2, 0.25) is 5.69 Å². The van der Waals surface area contributed by atoms with Crippen molar-refractivity contribution in [3.63, 3.8) is 0 Å². The van der Waals surface area contributed by atoms with Crippen molar-refractivity contribution in [2.45, 2.75) is 64.5 Å². The van der Waals surface area contributed by atoms with Gasteiger partial charge in [-0.2, -0.15) is 0 Å². The molecule has 0 radical (unpaired) electrons. The molecule has 1 saturated carbocycles. The van der Waals surface area contributed by atoms with Crippen LogP contribution >= 0.6 is 17.9 Å². The van der Waals surface area contributed by atoms with E-state index in [0.717, 1.165) is 25.7 Å². The average Bonchev–Trinajstić information content (AvgIpc) is 2.32. The first-order chi connectivity index (χ1) is 9.58. The third kappa shape index (κ3) is 8.41. The van der Waals surface area contributed by atoms with E-state index in [4.69, 9.17) is 21.1 Å². The van der Waals surface area contributed by atoms with Crippen LogP contribution in [0.25, 0.3) is 0 Å². The van der Waals surface area contributed by atoms with E-state index in [0.29, 0.717) is 6.54 Å². The van der Waals surface area contributed by atoms with Crippen LogP contribution < -0.4 is 0 Å². The minimum atomic E-state index is -2.98. The minimum Gasteiger partial charge on any atom is -0.444 e. The number of carbonyl (C=O) groups excluding carboxylic acids is 1. The number of hydrogen-bond acceptors (Lipinski definition) is 4. The quantitative estimate of drug-likeness (QED) is 0.581. The molecule has 0 saturated heterocycles. The van der Waals surface area contributed by atoms with E-state index in [2.05, 4.69) is 12.2 Å². The number of rotatable bonds is 5. The summed E-state index contributed by atoms with van der Waals surface area (Å²) in [5.41, 5.74) is -3.51. The molecule has 0 heterocycles. The summed E-state index contributed by atoms with van der Waals surface area (Å²) in [5, 5.41) is 0. The molecule has 0 bridgehead atoms. The molecule has 5 nitrogen and oxygen atoms in total. The van der Waals surface area contributed by atoms with Crippen molar-refractivity contribution in [2.24, 2.45) is 0 Å². The molecule has 21 heavy (non-hydrogen) atoms. The van der Waals surface area contributed by atoms with E-state index in [1.165, 1.54) is 6.42 Å². The van der Waals surface area contributed by atoms with Gasteiger partial charge in [0.05, 0.1) is 6.61 Å². The van der Waals surface area contributed by atoms with E-state index >= 15 is 0 Å². The average molecular weight is 355 g/mol. The summed E-state index contributed by atoms with van der Waals surface area (Å²) in [4.78, 5) is 23.5. The molecule has 124 valence electrons. The molecule has 1 atom stereocenters. The molecule has 1 N–H and O–H groups in total. The molecule has 0 aromatic heterocycles. The van der Waals surface area contributed by atoms with E-state index in [1.807, 2.05) is 20.8 Å². The Morgan fingerprint density at radius 1 is 1.38 bits per heavy atom. The topological polar surface area (TPSA) is 59.0 Å². The van der Waals surface area contributed by atoms with E-state index in [-0.39, 0.29) is 18.7 Å². The highest BCUT2D eigenvalue weighted by Crippen LogP contribution is 2.47. The van der Waals surface area contributed by atoms with Crippen molar-refractivity contribution < 1.29 is 18.9 Å². The van der Waals surface area contributed by atoms with Crippen molar-refractivity contribution >= 4 is 35.8 Å². The number of amides is 1. The Bertz CT molecular complexity index is 388. The normalized spacial score (nSPS) is 19.9. The van der Waals surface area contributed by atoms with E-state index in [9.17, 15) is 9.69 Å². The number of ether oxygens (including phenoxy) is 1. The molecule has 0 aromatic rings. The fraction of sp³-hybridized carbons (Fsp3) is 0.923. The van der Waals surface area contributed by atoms with Gasteiger partial charge < -0.3 is 19.1 Å². The van der Waals surface area contributed by atoms with Crippen LogP contribution in [-0.4, -0.2) is 40.7 Å². The molecular formula is C13H26NO4PS2. The van der Waals surface area contributed by atoms with Crippen LogP contribution in [0.4, 0.5) is 4.79 Å². The van der Waals surface area contributed by atoms with Gasteiger partial charge in [-0.1, -0.05) is 31.5 Å². The molecule has 0 aromatic carbocycles. The summed E-state index contributed by atoms with van der Waals surface area (Å²) in [6, 6.07) is 0.175. The van der Waals surface area contributed by atoms with Gasteiger partial charge in [0.25, 0.3) is 0 Å². The van der Waals surface area contributed by atoms with E-state index in [1.54, 1.807) is 4.90 Å². The Hall–Kier alpha value is 0.190. The maximum absolute atomic E-state index is 12.4. The lowest BCUT2D eigenvalue weighted by atomic mass is 9.94. The molecular weight excluding hydrogens is 329 g/mol. The third-order valence-electron chi connectivity index (χ3n) is 3.24. The highest BCUT2D eigenvalue weighted by molar-refractivity contribution is 8.59. The summed E-state index contributed by atoms with van der Waals surface area (Å²) in [5.74, 6) is 0. The Morgan fingerprint density at radius 3 is 2.43 bits per heavy atom. The predicted octanol–water partition coefficient (Wildman–Crippen LogP) is 3.72. The Morgan fingerprint density at radius 2 is 1.95 bits per heavy atom. The summed E-state index contributed by atoms with van der Waals surface area (Å²) in [6.07, 6.45) is 5.08. The maximum Gasteiger partial charge on any atom is 0.410 e. The van der Waals surface area contributed by atoms with Crippen molar-refractivity contribution in [3.05, 3.63) is 0 Å². The van der Waals surface area contributed by atoms with Crippen LogP contribution in [0, 0.1) is 0 Å². The number of thiol groups is 1. The smallest absolute Gasteiger partial charge is 0.410 e. The van der Waals surface area contributed by atoms with Gasteiger partial charge in [-0.05, 0) is 45.4 Å². The summed E-state index contributed by atoms with van der Waals surface area (Å²) >= 11 is 8.55. The lowest BCUT2D eigenvalue weighted by Crippen LogP contribution is -2.45. The molecule has 1 aliphatic rings. The van der Waals surface area contributed by atoms with Gasteiger partial charge in [-0.15, -0.1) is 0 Å². The monoisotopic (exact) mass is 355 g/mol. The Balaban J connectivity index is 2.64. The second-order valence-electron chi connectivity index (χ2n) is 6.29. The zero-order valence-corrected chi connectivity index (χ0v) is 15.6. The van der Waals surface area contributed by atoms with Crippen LogP contribution in [0.2, 0.25) is 0 Å². The summed E-state index contributed by atoms with van der Waals surface area (Å²) in [6.45, 7) is 6.08. The Labute approximate surface area is 137 Å². The highest BCUT2D eigenvalue weighted by Gasteiger charge is 2.29. The predicted molar refractivity (Wildman–Crippen MR) is 91.3 cm³/mol. The van der Waals surface area contributed by atoms with Gasteiger partial charge in [-0.3, -0.25) is 0 Å². The lowest BCUT2D eigenvalue weighted by Gasteiger charge is -2.35. The number of carbonyl (C=O) groups is 1. The van der Waals surface area contributed by atoms with Crippen molar-refractivity contribution in [3.8, 4) is 0 Å². The van der Waals surface area contributed by atoms with Crippen LogP contribution in [0.15, 0.2) is 0 Å². The van der Waals surface area contributed by atoms with Crippen molar-refractivity contribution in [1.82, 2.24) is 4.90 Å². The van der Waals surface area contributed by atoms with Crippen LogP contribution in [0.5, 0.6) is 0 Å². The molecule has 1 aliphatic carbocycles. The molecule has 0 spiro atoms. The van der Waals surface area contributed by atoms with Gasteiger partial charge in [0.15, 0.2) is 0 Å². The summed E-state index contributed by atoms with van der Waals surface area (Å²) in [7, 11) is 0. The molecule has 8 heteroatoms. The molecule has 0 aliphatic heterocycles. The lowest BCUT2D eigenvalue weighted by molar-refractivity contribution is 0.00926. The van der Waals surface area contributed by atoms with Gasteiger partial charge in [0, 0.05) is 12.6 Å². The third-order valence-corrected chi connectivity index (χ3v) is 4.42. The van der Waals surface area contributed by atoms with Crippen molar-refractivity contribution in [1.29, 1.82) is 0 Å². The molecule has 1 amide bonds. The highest BCUT2D eigenvalue weighted by atomic mass is 32.9. The minimum absolute atomic E-state index is 0.174. The zero-order valence-electron chi connectivity index (χ0n) is 12.9. The fourth-order valence-electron chi connectivity index (χ4n) is 2.39. The fourth-order valence-corrected chi connectivity index (χ4v) is 3.18. The SMILES string of the molecule is CC(C)(C)OC(=O)N(CCOP(O)(=S)S)C1CCCCC1. The van der Waals surface area contributed by atoms with Crippen LogP contribution in [0.1, 0.15) is 52.9 Å². The number of nitrogens with zero attached hydrogens (tertiary/aromatic N) is 1. The van der Waals surface area contributed by atoms with Crippen LogP contribution in [0.3, 0.4) is 0 Å². The van der Waals surface area contributed by atoms with Crippen LogP contribution in [-0.2, 0) is 21.1 Å².